The molecule has 0 aliphatic heterocycles. The predicted octanol–water partition coefficient (Wildman–Crippen LogP) is 5.58. The lowest BCUT2D eigenvalue weighted by Crippen LogP contribution is -2.20. The van der Waals surface area contributed by atoms with Gasteiger partial charge in [-0.2, -0.15) is 0 Å². The zero-order valence-electron chi connectivity index (χ0n) is 24.2. The second-order valence-corrected chi connectivity index (χ2v) is 9.56. The molecule has 0 bridgehead atoms. The molecule has 0 saturated heterocycles. The van der Waals surface area contributed by atoms with Crippen LogP contribution in [0, 0.1) is 0 Å². The Morgan fingerprint density at radius 2 is 1.63 bits per heavy atom. The van der Waals surface area contributed by atoms with E-state index in [1.165, 1.54) is 51.0 Å². The van der Waals surface area contributed by atoms with Crippen molar-refractivity contribution in [1.82, 2.24) is 4.57 Å². The van der Waals surface area contributed by atoms with Crippen molar-refractivity contribution in [3.8, 4) is 28.7 Å². The molecule has 41 heavy (non-hydrogen) atoms. The van der Waals surface area contributed by atoms with Crippen molar-refractivity contribution >= 4 is 34.5 Å². The summed E-state index contributed by atoms with van der Waals surface area (Å²) in [4.78, 5) is 37.0. The van der Waals surface area contributed by atoms with Gasteiger partial charge in [0.2, 0.25) is 17.4 Å². The summed E-state index contributed by atoms with van der Waals surface area (Å²) in [5, 5.41) is 14.0. The molecule has 0 radical (unpaired) electrons. The molecule has 2 aromatic carbocycles. The standard InChI is InChI=1S/C31H38N2O8/c1-6-7-8-9-10-11-16-40-30-28(36)23-14-13-22(19-24(23)33(3)31(30)37)32-27(35)15-12-21-17-25(38-4)29(41-20(2)34)26(18-21)39-5/h12-15,17-19,36H,6-11,16H2,1-5H3,(H,32,35). The van der Waals surface area contributed by atoms with Crippen molar-refractivity contribution in [2.24, 2.45) is 7.05 Å². The molecule has 0 spiro atoms. The maximum atomic E-state index is 12.9. The fourth-order valence-electron chi connectivity index (χ4n) is 4.36. The topological polar surface area (TPSA) is 125 Å². The molecular formula is C31H38N2O8. The average Bonchev–Trinajstić information content (AvgIpc) is 2.96. The van der Waals surface area contributed by atoms with Gasteiger partial charge in [0.1, 0.15) is 0 Å². The summed E-state index contributed by atoms with van der Waals surface area (Å²) in [6, 6.07) is 8.08. The number of ether oxygens (including phenoxy) is 4. The number of nitrogens with zero attached hydrogens (tertiary/aromatic N) is 1. The van der Waals surface area contributed by atoms with Gasteiger partial charge in [-0.3, -0.25) is 14.4 Å². The number of aromatic nitrogens is 1. The number of carbonyl (C=O) groups is 2. The monoisotopic (exact) mass is 566 g/mol. The van der Waals surface area contributed by atoms with Crippen LogP contribution in [0.1, 0.15) is 57.9 Å². The lowest BCUT2D eigenvalue weighted by Gasteiger charge is -2.14. The number of amides is 1. The highest BCUT2D eigenvalue weighted by Gasteiger charge is 2.18. The Labute approximate surface area is 239 Å². The van der Waals surface area contributed by atoms with Crippen LogP contribution in [0.5, 0.6) is 28.7 Å². The molecule has 2 N–H and O–H groups in total. The first-order chi connectivity index (χ1) is 19.7. The van der Waals surface area contributed by atoms with Gasteiger partial charge >= 0.3 is 5.97 Å². The highest BCUT2D eigenvalue weighted by atomic mass is 16.6. The van der Waals surface area contributed by atoms with Crippen molar-refractivity contribution < 1.29 is 33.6 Å². The number of nitrogens with one attached hydrogen (secondary N) is 1. The predicted molar refractivity (Wildman–Crippen MR) is 158 cm³/mol. The molecule has 3 aromatic rings. The van der Waals surface area contributed by atoms with Crippen LogP contribution >= 0.6 is 0 Å². The number of aromatic hydroxyl groups is 1. The Bertz CT molecular complexity index is 1450. The van der Waals surface area contributed by atoms with Gasteiger partial charge in [-0.25, -0.2) is 0 Å². The molecule has 1 heterocycles. The van der Waals surface area contributed by atoms with E-state index in [2.05, 4.69) is 12.2 Å². The Hall–Kier alpha value is -4.47. The molecule has 3 rings (SSSR count). The van der Waals surface area contributed by atoms with E-state index in [0.717, 1.165) is 19.3 Å². The lowest BCUT2D eigenvalue weighted by atomic mass is 10.1. The average molecular weight is 567 g/mol. The largest absolute Gasteiger partial charge is 0.504 e. The molecule has 1 aromatic heterocycles. The SMILES string of the molecule is CCCCCCCCOc1c(O)c2ccc(NC(=O)C=Cc3cc(OC)c(OC(C)=O)c(OC)c3)cc2n(C)c1=O. The van der Waals surface area contributed by atoms with Gasteiger partial charge in [-0.1, -0.05) is 39.0 Å². The maximum absolute atomic E-state index is 12.9. The van der Waals surface area contributed by atoms with Crippen LogP contribution in [-0.4, -0.2) is 42.4 Å². The van der Waals surface area contributed by atoms with Gasteiger partial charge in [-0.05, 0) is 48.4 Å². The van der Waals surface area contributed by atoms with E-state index >= 15 is 0 Å². The van der Waals surface area contributed by atoms with Gasteiger partial charge in [-0.15, -0.1) is 0 Å². The van der Waals surface area contributed by atoms with Crippen LogP contribution in [-0.2, 0) is 16.6 Å². The number of methoxy groups -OCH3 is 2. The number of pyridine rings is 1. The van der Waals surface area contributed by atoms with E-state index in [1.807, 2.05) is 0 Å². The first-order valence-corrected chi connectivity index (χ1v) is 13.6. The van der Waals surface area contributed by atoms with Crippen LogP contribution in [0.4, 0.5) is 5.69 Å². The number of aryl methyl sites for hydroxylation is 1. The molecule has 0 atom stereocenters. The summed E-state index contributed by atoms with van der Waals surface area (Å²) in [6.07, 6.45) is 9.37. The molecule has 0 unspecified atom stereocenters. The van der Waals surface area contributed by atoms with Crippen molar-refractivity contribution in [1.29, 1.82) is 0 Å². The van der Waals surface area contributed by atoms with Gasteiger partial charge in [0, 0.05) is 31.1 Å². The zero-order chi connectivity index (χ0) is 29.9. The smallest absolute Gasteiger partial charge is 0.308 e. The number of hydrogen-bond acceptors (Lipinski definition) is 8. The maximum Gasteiger partial charge on any atom is 0.308 e. The number of carbonyl (C=O) groups excluding carboxylic acids is 2. The summed E-state index contributed by atoms with van der Waals surface area (Å²) in [7, 11) is 4.45. The van der Waals surface area contributed by atoms with Crippen molar-refractivity contribution in [2.75, 3.05) is 26.1 Å². The minimum absolute atomic E-state index is 0.0705. The Kier molecular flexibility index (Phi) is 11.2. The number of esters is 1. The number of hydrogen-bond donors (Lipinski definition) is 2. The third-order valence-electron chi connectivity index (χ3n) is 6.50. The van der Waals surface area contributed by atoms with Crippen molar-refractivity contribution in [3.63, 3.8) is 0 Å². The third-order valence-corrected chi connectivity index (χ3v) is 6.50. The number of unbranched alkanes of at least 4 members (excludes halogenated alkanes) is 5. The quantitative estimate of drug-likeness (QED) is 0.112. The van der Waals surface area contributed by atoms with E-state index in [9.17, 15) is 19.5 Å². The number of benzene rings is 2. The van der Waals surface area contributed by atoms with Crippen molar-refractivity contribution in [3.05, 3.63) is 52.3 Å². The first kappa shape index (κ1) is 31.1. The molecule has 0 saturated carbocycles. The minimum atomic E-state index is -0.526. The van der Waals surface area contributed by atoms with E-state index < -0.39 is 17.4 Å². The van der Waals surface area contributed by atoms with Crippen molar-refractivity contribution in [2.45, 2.75) is 52.4 Å². The molecule has 0 aliphatic rings. The summed E-state index contributed by atoms with van der Waals surface area (Å²) in [5.41, 5.74) is 0.993. The van der Waals surface area contributed by atoms with Crippen LogP contribution in [0.15, 0.2) is 41.2 Å². The molecule has 0 fully saturated rings. The fraction of sp³-hybridized carbons (Fsp3) is 0.387. The summed E-state index contributed by atoms with van der Waals surface area (Å²) in [6.45, 7) is 3.79. The first-order valence-electron chi connectivity index (χ1n) is 13.6. The molecule has 10 nitrogen and oxygen atoms in total. The van der Waals surface area contributed by atoms with E-state index in [0.29, 0.717) is 28.8 Å². The number of fused-ring (bicyclic) bond motifs is 1. The normalized spacial score (nSPS) is 11.0. The summed E-state index contributed by atoms with van der Waals surface area (Å²) >= 11 is 0. The Balaban J connectivity index is 1.74. The minimum Gasteiger partial charge on any atom is -0.504 e. The molecular weight excluding hydrogens is 528 g/mol. The van der Waals surface area contributed by atoms with Crippen LogP contribution in [0.2, 0.25) is 0 Å². The highest BCUT2D eigenvalue weighted by molar-refractivity contribution is 6.03. The van der Waals surface area contributed by atoms with E-state index in [4.69, 9.17) is 18.9 Å². The second-order valence-electron chi connectivity index (χ2n) is 9.56. The van der Waals surface area contributed by atoms with Crippen LogP contribution < -0.4 is 29.8 Å². The highest BCUT2D eigenvalue weighted by Crippen LogP contribution is 2.39. The lowest BCUT2D eigenvalue weighted by molar-refractivity contribution is -0.132. The van der Waals surface area contributed by atoms with Gasteiger partial charge in [0.25, 0.3) is 5.56 Å². The summed E-state index contributed by atoms with van der Waals surface area (Å²) < 4.78 is 22.9. The van der Waals surface area contributed by atoms with E-state index in [1.54, 1.807) is 43.5 Å². The fourth-order valence-corrected chi connectivity index (χ4v) is 4.36. The van der Waals surface area contributed by atoms with Crippen LogP contribution in [0.25, 0.3) is 17.0 Å². The van der Waals surface area contributed by atoms with Crippen LogP contribution in [0.3, 0.4) is 0 Å². The van der Waals surface area contributed by atoms with Gasteiger partial charge in [0.15, 0.2) is 17.2 Å². The molecule has 10 heteroatoms. The second kappa shape index (κ2) is 14.8. The Morgan fingerprint density at radius 3 is 2.27 bits per heavy atom. The molecule has 220 valence electrons. The molecule has 1 amide bonds. The number of rotatable bonds is 14. The van der Waals surface area contributed by atoms with Gasteiger partial charge in [0.05, 0.1) is 26.3 Å². The third kappa shape index (κ3) is 8.03. The molecule has 0 aliphatic carbocycles. The van der Waals surface area contributed by atoms with E-state index in [-0.39, 0.29) is 28.7 Å². The van der Waals surface area contributed by atoms with Gasteiger partial charge < -0.3 is 33.9 Å². The zero-order valence-corrected chi connectivity index (χ0v) is 24.2. The number of anilines is 1. The summed E-state index contributed by atoms with van der Waals surface area (Å²) in [5.74, 6) is -0.562. The Morgan fingerprint density at radius 1 is 0.976 bits per heavy atom.